The number of amidine groups is 1. The van der Waals surface area contributed by atoms with Gasteiger partial charge in [-0.1, -0.05) is 42.1 Å². The predicted molar refractivity (Wildman–Crippen MR) is 117 cm³/mol. The van der Waals surface area contributed by atoms with Crippen LogP contribution in [0, 0.1) is 0 Å². The van der Waals surface area contributed by atoms with Crippen LogP contribution in [-0.4, -0.2) is 63.9 Å². The van der Waals surface area contributed by atoms with Crippen LogP contribution in [0.25, 0.3) is 0 Å². The van der Waals surface area contributed by atoms with Gasteiger partial charge in [-0.15, -0.1) is 0 Å². The lowest BCUT2D eigenvalue weighted by Crippen LogP contribution is -2.56. The SMILES string of the molecule is CCN(C(=O)OC(C)(C)C)C1=N[C@@H]2[C@@H](F)[C@H](OCc3ccccc3)[C@@H](C(C)=O)O[C@@H]2S1. The highest BCUT2D eigenvalue weighted by Crippen LogP contribution is 2.40. The van der Waals surface area contributed by atoms with Gasteiger partial charge in [-0.25, -0.2) is 9.18 Å². The number of Topliss-reactive ketones (excluding diaryl/α,β-unsaturated/α-hetero) is 1. The quantitative estimate of drug-likeness (QED) is 0.673. The Balaban J connectivity index is 1.77. The first-order valence-electron chi connectivity index (χ1n) is 10.3. The van der Waals surface area contributed by atoms with E-state index < -0.39 is 41.6 Å². The van der Waals surface area contributed by atoms with Crippen molar-refractivity contribution in [3.05, 3.63) is 35.9 Å². The summed E-state index contributed by atoms with van der Waals surface area (Å²) in [5.41, 5.74) is -0.519. The van der Waals surface area contributed by atoms with Gasteiger partial charge in [-0.2, -0.15) is 0 Å². The van der Waals surface area contributed by atoms with Gasteiger partial charge in [0.05, 0.1) is 6.61 Å². The molecular formula is C22H29FN2O5S. The van der Waals surface area contributed by atoms with Crippen molar-refractivity contribution in [1.82, 2.24) is 4.90 Å². The summed E-state index contributed by atoms with van der Waals surface area (Å²) in [4.78, 5) is 30.5. The first-order valence-corrected chi connectivity index (χ1v) is 11.2. The first-order chi connectivity index (χ1) is 14.6. The van der Waals surface area contributed by atoms with Crippen LogP contribution in [0.4, 0.5) is 9.18 Å². The zero-order valence-corrected chi connectivity index (χ0v) is 19.2. The van der Waals surface area contributed by atoms with E-state index in [1.54, 1.807) is 27.7 Å². The molecule has 0 saturated carbocycles. The number of carbonyl (C=O) groups is 2. The van der Waals surface area contributed by atoms with Crippen molar-refractivity contribution < 1.29 is 28.2 Å². The fourth-order valence-corrected chi connectivity index (χ4v) is 4.62. The lowest BCUT2D eigenvalue weighted by molar-refractivity contribution is -0.172. The fraction of sp³-hybridized carbons (Fsp3) is 0.591. The Bertz CT molecular complexity index is 829. The van der Waals surface area contributed by atoms with Crippen LogP contribution in [-0.2, 0) is 25.6 Å². The topological polar surface area (TPSA) is 77.4 Å². The highest BCUT2D eigenvalue weighted by atomic mass is 32.2. The van der Waals surface area contributed by atoms with Crippen LogP contribution in [0.5, 0.6) is 0 Å². The molecule has 31 heavy (non-hydrogen) atoms. The van der Waals surface area contributed by atoms with E-state index in [-0.39, 0.29) is 12.4 Å². The van der Waals surface area contributed by atoms with Crippen LogP contribution < -0.4 is 0 Å². The molecule has 1 amide bonds. The summed E-state index contributed by atoms with van der Waals surface area (Å²) in [5, 5.41) is 0.320. The van der Waals surface area contributed by atoms with Gasteiger partial charge in [-0.3, -0.25) is 14.7 Å². The van der Waals surface area contributed by atoms with Crippen molar-refractivity contribution in [2.45, 2.75) is 76.7 Å². The van der Waals surface area contributed by atoms with Gasteiger partial charge >= 0.3 is 6.09 Å². The Labute approximate surface area is 186 Å². The van der Waals surface area contributed by atoms with E-state index in [9.17, 15) is 9.59 Å². The molecule has 0 radical (unpaired) electrons. The molecule has 2 aliphatic heterocycles. The molecule has 1 aromatic carbocycles. The zero-order chi connectivity index (χ0) is 22.8. The summed E-state index contributed by atoms with van der Waals surface area (Å²) in [6.07, 6.45) is -4.24. The third-order valence-electron chi connectivity index (χ3n) is 4.83. The molecular weight excluding hydrogens is 423 g/mol. The smallest absolute Gasteiger partial charge is 0.416 e. The molecule has 1 aromatic rings. The molecule has 0 aliphatic carbocycles. The summed E-state index contributed by atoms with van der Waals surface area (Å²) < 4.78 is 32.6. The number of rotatable bonds is 5. The standard InChI is InChI=1S/C22H29FN2O5S/c1-6-25(21(27)30-22(3,4)5)20-24-16-15(23)18(17(13(2)26)29-19(16)31-20)28-12-14-10-8-7-9-11-14/h7-11,15-19H,6,12H2,1-5H3/t15-,16-,17-,18+,19-/m1/s1. The largest absolute Gasteiger partial charge is 0.443 e. The Hall–Kier alpha value is -1.97. The maximum Gasteiger partial charge on any atom is 0.416 e. The first kappa shape index (κ1) is 23.7. The molecule has 1 fully saturated rings. The number of nitrogens with zero attached hydrogens (tertiary/aromatic N) is 2. The predicted octanol–water partition coefficient (Wildman–Crippen LogP) is 3.95. The molecule has 170 valence electrons. The summed E-state index contributed by atoms with van der Waals surface area (Å²) in [6, 6.07) is 8.45. The third-order valence-corrected chi connectivity index (χ3v) is 5.99. The minimum absolute atomic E-state index is 0.152. The van der Waals surface area contributed by atoms with Gasteiger partial charge in [0.2, 0.25) is 0 Å². The molecule has 0 bridgehead atoms. The van der Waals surface area contributed by atoms with E-state index in [4.69, 9.17) is 14.2 Å². The number of carbonyl (C=O) groups excluding carboxylic acids is 2. The van der Waals surface area contributed by atoms with E-state index in [1.165, 1.54) is 11.8 Å². The summed E-state index contributed by atoms with van der Waals surface area (Å²) in [5.74, 6) is -0.312. The van der Waals surface area contributed by atoms with Crippen LogP contribution in [0.3, 0.4) is 0 Å². The van der Waals surface area contributed by atoms with Gasteiger partial charge in [0.25, 0.3) is 0 Å². The normalized spacial score (nSPS) is 27.9. The number of benzene rings is 1. The molecule has 0 spiro atoms. The number of hydrogen-bond acceptors (Lipinski definition) is 7. The number of halogens is 1. The third kappa shape index (κ3) is 5.64. The molecule has 2 heterocycles. The number of alkyl halides is 1. The molecule has 1 saturated heterocycles. The fourth-order valence-electron chi connectivity index (χ4n) is 3.37. The molecule has 5 atom stereocenters. The Morgan fingerprint density at radius 3 is 2.52 bits per heavy atom. The molecule has 0 unspecified atom stereocenters. The van der Waals surface area contributed by atoms with Crippen molar-refractivity contribution >= 4 is 28.8 Å². The van der Waals surface area contributed by atoms with Gasteiger partial charge in [0.1, 0.15) is 29.3 Å². The molecule has 3 rings (SSSR count). The van der Waals surface area contributed by atoms with Crippen LogP contribution in [0.15, 0.2) is 35.3 Å². The number of amides is 1. The van der Waals surface area contributed by atoms with Crippen molar-refractivity contribution in [3.63, 3.8) is 0 Å². The van der Waals surface area contributed by atoms with E-state index in [0.717, 1.165) is 17.3 Å². The molecule has 9 heteroatoms. The second-order valence-corrected chi connectivity index (χ2v) is 9.55. The summed E-state index contributed by atoms with van der Waals surface area (Å²) >= 11 is 1.13. The lowest BCUT2D eigenvalue weighted by atomic mass is 9.97. The Morgan fingerprint density at radius 2 is 1.94 bits per heavy atom. The average Bonchev–Trinajstić information content (AvgIpc) is 3.11. The maximum absolute atomic E-state index is 15.5. The van der Waals surface area contributed by atoms with Gasteiger partial charge in [0, 0.05) is 6.54 Å². The second kappa shape index (κ2) is 9.67. The van der Waals surface area contributed by atoms with E-state index in [1.807, 2.05) is 30.3 Å². The molecule has 0 aromatic heterocycles. The molecule has 7 nitrogen and oxygen atoms in total. The number of ether oxygens (including phenoxy) is 3. The zero-order valence-electron chi connectivity index (χ0n) is 18.4. The van der Waals surface area contributed by atoms with E-state index >= 15 is 4.39 Å². The highest BCUT2D eigenvalue weighted by Gasteiger charge is 2.53. The van der Waals surface area contributed by atoms with Crippen molar-refractivity contribution in [1.29, 1.82) is 0 Å². The summed E-state index contributed by atoms with van der Waals surface area (Å²) in [7, 11) is 0. The van der Waals surface area contributed by atoms with Crippen LogP contribution >= 0.6 is 11.8 Å². The van der Waals surface area contributed by atoms with E-state index in [0.29, 0.717) is 11.7 Å². The lowest BCUT2D eigenvalue weighted by Gasteiger charge is -2.38. The van der Waals surface area contributed by atoms with E-state index in [2.05, 4.69) is 4.99 Å². The Morgan fingerprint density at radius 1 is 1.26 bits per heavy atom. The molecule has 0 N–H and O–H groups in total. The number of aliphatic imine (C=N–C) groups is 1. The van der Waals surface area contributed by atoms with Crippen LogP contribution in [0.2, 0.25) is 0 Å². The molecule has 2 aliphatic rings. The number of thioether (sulfide) groups is 1. The Kier molecular flexibility index (Phi) is 7.39. The number of ketones is 1. The minimum Gasteiger partial charge on any atom is -0.443 e. The second-order valence-electron chi connectivity index (χ2n) is 8.49. The number of hydrogen-bond donors (Lipinski definition) is 0. The monoisotopic (exact) mass is 452 g/mol. The van der Waals surface area contributed by atoms with Gasteiger partial charge in [-0.05, 0) is 40.2 Å². The van der Waals surface area contributed by atoms with Gasteiger partial charge in [0.15, 0.2) is 17.1 Å². The van der Waals surface area contributed by atoms with Crippen molar-refractivity contribution in [3.8, 4) is 0 Å². The van der Waals surface area contributed by atoms with Gasteiger partial charge < -0.3 is 14.2 Å². The average molecular weight is 453 g/mol. The van der Waals surface area contributed by atoms with Crippen LogP contribution in [0.1, 0.15) is 40.2 Å². The highest BCUT2D eigenvalue weighted by molar-refractivity contribution is 8.14. The summed E-state index contributed by atoms with van der Waals surface area (Å²) in [6.45, 7) is 8.92. The minimum atomic E-state index is -1.56. The van der Waals surface area contributed by atoms with Crippen molar-refractivity contribution in [2.75, 3.05) is 6.54 Å². The number of fused-ring (bicyclic) bond motifs is 1. The maximum atomic E-state index is 15.5. The van der Waals surface area contributed by atoms with Crippen molar-refractivity contribution in [2.24, 2.45) is 4.99 Å².